The first-order valence-corrected chi connectivity index (χ1v) is 15.5. The average Bonchev–Trinajstić information content (AvgIpc) is 3.41. The molecule has 0 radical (unpaired) electrons. The molecule has 45 heavy (non-hydrogen) atoms. The number of likely N-dealkylation sites (N-methyl/N-ethyl adjacent to an activating group) is 1. The lowest BCUT2D eigenvalue weighted by atomic mass is 10.1. The van der Waals surface area contributed by atoms with E-state index < -0.39 is 11.5 Å². The Morgan fingerprint density at radius 3 is 2.11 bits per heavy atom. The van der Waals surface area contributed by atoms with Crippen molar-refractivity contribution in [2.24, 2.45) is 10.7 Å². The van der Waals surface area contributed by atoms with Crippen LogP contribution in [-0.2, 0) is 0 Å². The van der Waals surface area contributed by atoms with Gasteiger partial charge in [0.25, 0.3) is 5.92 Å². The lowest BCUT2D eigenvalue weighted by Gasteiger charge is -2.22. The van der Waals surface area contributed by atoms with E-state index in [-0.39, 0.29) is 11.3 Å². The van der Waals surface area contributed by atoms with Crippen molar-refractivity contribution in [1.29, 1.82) is 0 Å². The van der Waals surface area contributed by atoms with Crippen LogP contribution in [0.1, 0.15) is 71.6 Å². The molecule has 0 saturated carbocycles. The van der Waals surface area contributed by atoms with E-state index in [0.29, 0.717) is 23.3 Å². The SMILES string of the molecule is C#CC(C)(C)N.C=C(/C(=C/CC)NCC(/C=C\C)=C/C(=C)C(C)(F)F)/C(=C\N=CC)N(C)C.CC.Cc1ccc(/C(O)=C/O)s1. The molecular formula is C36H56F2N4O2S. The molecule has 1 aromatic rings. The summed E-state index contributed by atoms with van der Waals surface area (Å²) < 4.78 is 26.9. The smallest absolute Gasteiger partial charge is 0.269 e. The number of nitrogens with one attached hydrogen (secondary N) is 1. The van der Waals surface area contributed by atoms with Gasteiger partial charge in [0.1, 0.15) is 6.26 Å². The first-order chi connectivity index (χ1) is 20.9. The average molecular weight is 647 g/mol. The molecule has 0 unspecified atom stereocenters. The number of aryl methyl sites for hydroxylation is 1. The number of aliphatic hydroxyl groups excluding tert-OH is 2. The number of nitrogens with zero attached hydrogens (tertiary/aromatic N) is 2. The fraction of sp³-hybridized carbons (Fsp3) is 0.417. The van der Waals surface area contributed by atoms with Crippen molar-refractivity contribution in [3.63, 3.8) is 0 Å². The number of hydrogen-bond acceptors (Lipinski definition) is 7. The Labute approximate surface area is 275 Å². The molecule has 1 aromatic heterocycles. The molecule has 0 fully saturated rings. The van der Waals surface area contributed by atoms with E-state index in [1.807, 2.05) is 78.8 Å². The molecule has 1 rings (SSSR count). The van der Waals surface area contributed by atoms with Gasteiger partial charge in [-0.1, -0.05) is 58.1 Å². The molecule has 5 N–H and O–H groups in total. The number of halogens is 2. The van der Waals surface area contributed by atoms with Gasteiger partial charge >= 0.3 is 0 Å². The van der Waals surface area contributed by atoms with Crippen LogP contribution in [0.5, 0.6) is 0 Å². The lowest BCUT2D eigenvalue weighted by molar-refractivity contribution is 0.0679. The Morgan fingerprint density at radius 2 is 1.76 bits per heavy atom. The van der Waals surface area contributed by atoms with E-state index in [9.17, 15) is 8.78 Å². The largest absolute Gasteiger partial charge is 0.512 e. The predicted octanol–water partition coefficient (Wildman–Crippen LogP) is 9.49. The zero-order valence-electron chi connectivity index (χ0n) is 29.1. The number of aliphatic imine (C=N–C) groups is 1. The normalized spacial score (nSPS) is 12.6. The highest BCUT2D eigenvalue weighted by molar-refractivity contribution is 7.12. The van der Waals surface area contributed by atoms with E-state index in [2.05, 4.69) is 29.4 Å². The number of allylic oxidation sites excluding steroid dienone is 4. The minimum Gasteiger partial charge on any atom is -0.512 e. The Balaban J connectivity index is -0.000000790. The van der Waals surface area contributed by atoms with Gasteiger partial charge in [0, 0.05) is 55.5 Å². The van der Waals surface area contributed by atoms with Crippen molar-refractivity contribution in [3.05, 3.63) is 99.9 Å². The topological polar surface area (TPSA) is 94.1 Å². The van der Waals surface area contributed by atoms with Crippen LogP contribution >= 0.6 is 11.3 Å². The van der Waals surface area contributed by atoms with Gasteiger partial charge in [-0.3, -0.25) is 4.99 Å². The van der Waals surface area contributed by atoms with Crippen LogP contribution in [0.15, 0.2) is 95.2 Å². The number of thiophene rings is 1. The Hall–Kier alpha value is -3.87. The number of rotatable bonds is 12. The third kappa shape index (κ3) is 22.3. The fourth-order valence-corrected chi connectivity index (χ4v) is 3.58. The van der Waals surface area contributed by atoms with Crippen LogP contribution in [0.3, 0.4) is 0 Å². The van der Waals surface area contributed by atoms with Crippen molar-refractivity contribution < 1.29 is 19.0 Å². The molecule has 252 valence electrons. The maximum Gasteiger partial charge on any atom is 0.269 e. The molecule has 0 aliphatic heterocycles. The Bertz CT molecular complexity index is 1250. The molecule has 0 aliphatic rings. The molecule has 0 bridgehead atoms. The van der Waals surface area contributed by atoms with Crippen molar-refractivity contribution in [3.8, 4) is 12.3 Å². The minimum atomic E-state index is -2.95. The quantitative estimate of drug-likeness (QED) is 0.0786. The Kier molecular flexibility index (Phi) is 24.8. The first kappa shape index (κ1) is 45.6. The van der Waals surface area contributed by atoms with Gasteiger partial charge < -0.3 is 26.2 Å². The summed E-state index contributed by atoms with van der Waals surface area (Å²) in [6, 6.07) is 3.65. The molecule has 1 heterocycles. The van der Waals surface area contributed by atoms with E-state index >= 15 is 0 Å². The summed E-state index contributed by atoms with van der Waals surface area (Å²) in [6.45, 7) is 24.1. The van der Waals surface area contributed by atoms with Gasteiger partial charge in [0.15, 0.2) is 5.76 Å². The molecule has 0 spiro atoms. The first-order valence-electron chi connectivity index (χ1n) is 14.6. The maximum absolute atomic E-state index is 13.4. The van der Waals surface area contributed by atoms with Gasteiger partial charge in [-0.25, -0.2) is 8.78 Å². The van der Waals surface area contributed by atoms with Crippen LogP contribution in [0.25, 0.3) is 5.76 Å². The molecule has 0 atom stereocenters. The number of terminal acetylenes is 1. The highest BCUT2D eigenvalue weighted by Crippen LogP contribution is 2.24. The summed E-state index contributed by atoms with van der Waals surface area (Å²) in [7, 11) is 3.84. The second-order valence-corrected chi connectivity index (χ2v) is 11.4. The van der Waals surface area contributed by atoms with Crippen LogP contribution in [0, 0.1) is 19.3 Å². The number of hydrogen-bond donors (Lipinski definition) is 4. The monoisotopic (exact) mass is 646 g/mol. The van der Waals surface area contributed by atoms with Crippen LogP contribution in [0.2, 0.25) is 0 Å². The summed E-state index contributed by atoms with van der Waals surface area (Å²) >= 11 is 1.44. The van der Waals surface area contributed by atoms with Gasteiger partial charge in [-0.05, 0) is 64.8 Å². The summed E-state index contributed by atoms with van der Waals surface area (Å²) in [4.78, 5) is 7.93. The van der Waals surface area contributed by atoms with Crippen LogP contribution in [-0.4, -0.2) is 53.4 Å². The Morgan fingerprint density at radius 1 is 1.20 bits per heavy atom. The van der Waals surface area contributed by atoms with E-state index in [1.165, 1.54) is 17.4 Å². The molecule has 6 nitrogen and oxygen atoms in total. The lowest BCUT2D eigenvalue weighted by Crippen LogP contribution is -2.28. The second-order valence-electron chi connectivity index (χ2n) is 10.1. The highest BCUT2D eigenvalue weighted by Gasteiger charge is 2.24. The van der Waals surface area contributed by atoms with Gasteiger partial charge in [0.05, 0.1) is 22.3 Å². The molecule has 0 amide bonds. The molecule has 0 saturated heterocycles. The third-order valence-electron chi connectivity index (χ3n) is 5.14. The highest BCUT2D eigenvalue weighted by atomic mass is 32.1. The van der Waals surface area contributed by atoms with Crippen molar-refractivity contribution in [2.45, 2.75) is 80.2 Å². The zero-order valence-corrected chi connectivity index (χ0v) is 29.9. The number of aliphatic hydroxyl groups is 2. The molecule has 9 heteroatoms. The second kappa shape index (κ2) is 24.5. The number of alkyl halides is 2. The molecule has 0 aromatic carbocycles. The fourth-order valence-electron chi connectivity index (χ4n) is 2.81. The van der Waals surface area contributed by atoms with Crippen molar-refractivity contribution in [2.75, 3.05) is 20.6 Å². The standard InChI is InChI=1S/C22H33F2N3.C7H8O2S.C5H9N.C2H6/c1-9-12-19(14-17(4)22(6,23)24)15-26-20(13-10-2)18(5)21(27(7)8)16-25-11-3;1-5-2-3-7(10-5)6(9)4-8;1-4-5(2,3)6;1-2/h9,11-14,16,26H,4-5,10,15H2,1-3,6-8H3;2-4,8-9H,1H3;1H,6H2,2-3H3;1-2H3/b12-9-,19-14+,20-13-,21-16+,25-11?;6-4-;;. The van der Waals surface area contributed by atoms with Gasteiger partial charge in [-0.15, -0.1) is 17.8 Å². The van der Waals surface area contributed by atoms with Gasteiger partial charge in [-0.2, -0.15) is 0 Å². The van der Waals surface area contributed by atoms with E-state index in [0.717, 1.165) is 35.2 Å². The minimum absolute atomic E-state index is 0.0712. The van der Waals surface area contributed by atoms with Crippen molar-refractivity contribution >= 4 is 23.3 Å². The van der Waals surface area contributed by atoms with E-state index in [4.69, 9.17) is 22.4 Å². The zero-order chi connectivity index (χ0) is 35.8. The maximum atomic E-state index is 13.4. The third-order valence-corrected chi connectivity index (χ3v) is 6.17. The molecule has 0 aliphatic carbocycles. The van der Waals surface area contributed by atoms with Crippen LogP contribution in [0.4, 0.5) is 8.78 Å². The molecular weight excluding hydrogens is 590 g/mol. The summed E-state index contributed by atoms with van der Waals surface area (Å²) in [5, 5.41) is 20.7. The number of nitrogens with two attached hydrogens (primary N) is 1. The summed E-state index contributed by atoms with van der Waals surface area (Å²) in [5.74, 6) is -0.636. The predicted molar refractivity (Wildman–Crippen MR) is 195 cm³/mol. The van der Waals surface area contributed by atoms with E-state index in [1.54, 1.807) is 38.4 Å². The summed E-state index contributed by atoms with van der Waals surface area (Å²) in [6.07, 6.45) is 16.9. The van der Waals surface area contributed by atoms with Crippen molar-refractivity contribution in [1.82, 2.24) is 10.2 Å². The van der Waals surface area contributed by atoms with Crippen LogP contribution < -0.4 is 11.1 Å². The van der Waals surface area contributed by atoms with Gasteiger partial charge in [0.2, 0.25) is 0 Å². The summed E-state index contributed by atoms with van der Waals surface area (Å²) in [5.41, 5.74) is 7.85.